The van der Waals surface area contributed by atoms with Crippen molar-refractivity contribution in [2.24, 2.45) is 5.92 Å². The van der Waals surface area contributed by atoms with E-state index in [1.165, 1.54) is 6.07 Å². The van der Waals surface area contributed by atoms with Gasteiger partial charge >= 0.3 is 16.2 Å². The summed E-state index contributed by atoms with van der Waals surface area (Å²) >= 11 is 0. The van der Waals surface area contributed by atoms with Gasteiger partial charge in [-0.1, -0.05) is 74.7 Å². The largest absolute Gasteiger partial charge is 0.487 e. The molecule has 1 amide bonds. The first kappa shape index (κ1) is 25.7. The molecule has 0 heterocycles. The average Bonchev–Trinajstić information content (AvgIpc) is 3.34. The molecule has 3 aromatic rings. The molecular formula is C25H24F5NO4S. The maximum Gasteiger partial charge on any atom is 0.326 e. The van der Waals surface area contributed by atoms with Gasteiger partial charge in [0.1, 0.15) is 23.3 Å². The first-order valence-corrected chi connectivity index (χ1v) is 13.2. The second-order valence-corrected chi connectivity index (χ2v) is 11.3. The zero-order chi connectivity index (χ0) is 26.2. The summed E-state index contributed by atoms with van der Waals surface area (Å²) in [4.78, 5) is 23.0. The zero-order valence-corrected chi connectivity index (χ0v) is 19.8. The van der Waals surface area contributed by atoms with Crippen LogP contribution >= 0.6 is 10.2 Å². The van der Waals surface area contributed by atoms with Crippen molar-refractivity contribution in [1.82, 2.24) is 5.32 Å². The number of benzene rings is 3. The SMILES string of the molecule is O=C(NC(C(=O)O)C1CCCC1)c1ccc2ccccc2c1OCc1ccc(S(F)(F)(F)(F)F)cc1. The predicted octanol–water partition coefficient (Wildman–Crippen LogP) is 7.45. The molecule has 5 nitrogen and oxygen atoms in total. The number of hydrogen-bond acceptors (Lipinski definition) is 3. The Hall–Kier alpha value is -3.34. The van der Waals surface area contributed by atoms with E-state index in [2.05, 4.69) is 5.32 Å². The van der Waals surface area contributed by atoms with Crippen LogP contribution in [0, 0.1) is 5.92 Å². The number of carbonyl (C=O) groups excluding carboxylic acids is 1. The molecule has 0 spiro atoms. The Morgan fingerprint density at radius 2 is 1.58 bits per heavy atom. The molecule has 1 aliphatic rings. The molecule has 0 aromatic heterocycles. The van der Waals surface area contributed by atoms with E-state index in [4.69, 9.17) is 4.74 Å². The molecule has 4 rings (SSSR count). The molecule has 36 heavy (non-hydrogen) atoms. The van der Waals surface area contributed by atoms with E-state index >= 15 is 0 Å². The second-order valence-electron chi connectivity index (χ2n) is 8.90. The molecule has 11 heteroatoms. The van der Waals surface area contributed by atoms with Gasteiger partial charge in [0, 0.05) is 5.39 Å². The van der Waals surface area contributed by atoms with Gasteiger partial charge in [-0.05, 0) is 47.9 Å². The minimum atomic E-state index is -9.79. The van der Waals surface area contributed by atoms with Crippen molar-refractivity contribution in [1.29, 1.82) is 0 Å². The van der Waals surface area contributed by atoms with Crippen molar-refractivity contribution in [3.63, 3.8) is 0 Å². The molecule has 194 valence electrons. The highest BCUT2D eigenvalue weighted by molar-refractivity contribution is 8.45. The van der Waals surface area contributed by atoms with Gasteiger partial charge in [-0.2, -0.15) is 0 Å². The topological polar surface area (TPSA) is 75.6 Å². The minimum absolute atomic E-state index is 0.0570. The van der Waals surface area contributed by atoms with Crippen molar-refractivity contribution in [2.45, 2.75) is 43.2 Å². The summed E-state index contributed by atoms with van der Waals surface area (Å²) in [5.41, 5.74) is 0.232. The van der Waals surface area contributed by atoms with Gasteiger partial charge in [0.2, 0.25) is 0 Å². The van der Waals surface area contributed by atoms with E-state index < -0.39 is 33.0 Å². The van der Waals surface area contributed by atoms with Gasteiger partial charge in [-0.3, -0.25) is 4.79 Å². The third kappa shape index (κ3) is 5.72. The lowest BCUT2D eigenvalue weighted by atomic mass is 9.97. The highest BCUT2D eigenvalue weighted by Gasteiger charge is 2.65. The molecule has 2 N–H and O–H groups in total. The van der Waals surface area contributed by atoms with Gasteiger partial charge in [-0.25, -0.2) is 4.79 Å². The molecule has 1 aliphatic carbocycles. The number of amides is 1. The number of ether oxygens (including phenoxy) is 1. The van der Waals surface area contributed by atoms with Crippen LogP contribution in [0.25, 0.3) is 10.8 Å². The number of carboxylic acids is 1. The summed E-state index contributed by atoms with van der Waals surface area (Å²) < 4.78 is 70.8. The van der Waals surface area contributed by atoms with Crippen LogP contribution in [0.1, 0.15) is 41.6 Å². The predicted molar refractivity (Wildman–Crippen MR) is 127 cm³/mol. The van der Waals surface area contributed by atoms with E-state index in [0.717, 1.165) is 25.0 Å². The Kier molecular flexibility index (Phi) is 6.19. The Morgan fingerprint density at radius 3 is 2.19 bits per heavy atom. The van der Waals surface area contributed by atoms with Crippen molar-refractivity contribution in [3.05, 3.63) is 71.8 Å². The number of hydrogen-bond donors (Lipinski definition) is 2. The standard InChI is InChI=1S/C25H24F5NO4S/c26-36(27,28,29,30)19-12-9-16(10-13-19)15-35-23-20-8-4-3-5-17(20)11-14-21(23)24(32)31-22(25(33)34)18-6-1-2-7-18/h3-5,8-14,18,22H,1-2,6-7,15H2,(H,31,32)(H,33,34). The molecule has 1 saturated carbocycles. The van der Waals surface area contributed by atoms with E-state index in [0.29, 0.717) is 35.7 Å². The molecule has 1 unspecified atom stereocenters. The number of aliphatic carboxylic acids is 1. The number of halogens is 5. The average molecular weight is 530 g/mol. The highest BCUT2D eigenvalue weighted by Crippen LogP contribution is 3.02. The molecule has 1 atom stereocenters. The van der Waals surface area contributed by atoms with Crippen LogP contribution in [0.3, 0.4) is 0 Å². The highest BCUT2D eigenvalue weighted by atomic mass is 32.5. The number of fused-ring (bicyclic) bond motifs is 1. The van der Waals surface area contributed by atoms with Crippen molar-refractivity contribution in [2.75, 3.05) is 0 Å². The molecular weight excluding hydrogens is 505 g/mol. The summed E-state index contributed by atoms with van der Waals surface area (Å²) in [5.74, 6) is -1.88. The number of carboxylic acid groups (broad SMARTS) is 1. The van der Waals surface area contributed by atoms with E-state index in [1.54, 1.807) is 30.3 Å². The summed E-state index contributed by atoms with van der Waals surface area (Å²) in [6.07, 6.45) is 3.14. The third-order valence-electron chi connectivity index (χ3n) is 6.30. The van der Waals surface area contributed by atoms with Gasteiger partial charge in [-0.15, -0.1) is 0 Å². The third-order valence-corrected chi connectivity index (χ3v) is 7.46. The Balaban J connectivity index is 1.62. The zero-order valence-electron chi connectivity index (χ0n) is 18.9. The van der Waals surface area contributed by atoms with Gasteiger partial charge in [0.05, 0.1) is 5.56 Å². The monoisotopic (exact) mass is 529 g/mol. The Labute approximate surface area is 204 Å². The molecule has 1 fully saturated rings. The van der Waals surface area contributed by atoms with Crippen LogP contribution in [0.2, 0.25) is 0 Å². The lowest BCUT2D eigenvalue weighted by Crippen LogP contribution is -2.45. The fraction of sp³-hybridized carbons (Fsp3) is 0.280. The molecule has 0 aliphatic heterocycles. The summed E-state index contributed by atoms with van der Waals surface area (Å²) in [5, 5.41) is 13.5. The van der Waals surface area contributed by atoms with Crippen LogP contribution in [0.15, 0.2) is 65.6 Å². The van der Waals surface area contributed by atoms with Crippen LogP contribution in [0.4, 0.5) is 19.4 Å². The molecule has 0 radical (unpaired) electrons. The lowest BCUT2D eigenvalue weighted by Gasteiger charge is -2.40. The first-order valence-electron chi connectivity index (χ1n) is 11.2. The Bertz CT molecular complexity index is 1310. The molecule has 0 bridgehead atoms. The summed E-state index contributed by atoms with van der Waals surface area (Å²) in [6, 6.07) is 11.4. The minimum Gasteiger partial charge on any atom is -0.487 e. The summed E-state index contributed by atoms with van der Waals surface area (Å²) in [6.45, 7) is -0.306. The van der Waals surface area contributed by atoms with Crippen molar-refractivity contribution < 1.29 is 38.9 Å². The number of nitrogens with one attached hydrogen (secondary N) is 1. The fourth-order valence-corrected chi connectivity index (χ4v) is 5.12. The van der Waals surface area contributed by atoms with E-state index in [9.17, 15) is 34.1 Å². The van der Waals surface area contributed by atoms with Crippen LogP contribution in [-0.4, -0.2) is 23.0 Å². The second kappa shape index (κ2) is 8.65. The van der Waals surface area contributed by atoms with E-state index in [1.807, 2.05) is 0 Å². The van der Waals surface area contributed by atoms with Crippen LogP contribution in [0.5, 0.6) is 5.75 Å². The smallest absolute Gasteiger partial charge is 0.326 e. The Morgan fingerprint density at radius 1 is 0.944 bits per heavy atom. The molecule has 3 aromatic carbocycles. The van der Waals surface area contributed by atoms with Crippen LogP contribution in [-0.2, 0) is 11.4 Å². The number of carbonyl (C=O) groups is 2. The molecule has 0 saturated heterocycles. The maximum atomic E-state index is 13.2. The van der Waals surface area contributed by atoms with Crippen molar-refractivity contribution >= 4 is 32.9 Å². The normalized spacial score (nSPS) is 17.2. The van der Waals surface area contributed by atoms with Crippen LogP contribution < -0.4 is 10.1 Å². The summed E-state index contributed by atoms with van der Waals surface area (Å²) in [7, 11) is -9.79. The van der Waals surface area contributed by atoms with Crippen molar-refractivity contribution in [3.8, 4) is 5.75 Å². The van der Waals surface area contributed by atoms with Gasteiger partial charge in [0.25, 0.3) is 5.91 Å². The quantitative estimate of drug-likeness (QED) is 0.297. The lowest BCUT2D eigenvalue weighted by molar-refractivity contribution is -0.140. The number of rotatable bonds is 8. The van der Waals surface area contributed by atoms with Gasteiger partial charge < -0.3 is 15.2 Å². The van der Waals surface area contributed by atoms with E-state index in [-0.39, 0.29) is 29.4 Å². The fourth-order valence-electron chi connectivity index (χ4n) is 4.47. The van der Waals surface area contributed by atoms with Gasteiger partial charge in [0.15, 0.2) is 0 Å². The maximum absolute atomic E-state index is 13.2. The first-order chi connectivity index (χ1) is 16.7.